The summed E-state index contributed by atoms with van der Waals surface area (Å²) in [7, 11) is 3.65. The predicted molar refractivity (Wildman–Crippen MR) is 77.9 cm³/mol. The lowest BCUT2D eigenvalue weighted by Crippen LogP contribution is -2.38. The van der Waals surface area contributed by atoms with Gasteiger partial charge in [-0.3, -0.25) is 4.79 Å². The fourth-order valence-electron chi connectivity index (χ4n) is 2.74. The van der Waals surface area contributed by atoms with Gasteiger partial charge in [-0.2, -0.15) is 5.26 Å². The Balaban J connectivity index is 1.77. The maximum atomic E-state index is 12.4. The molecule has 22 heavy (non-hydrogen) atoms. The lowest BCUT2D eigenvalue weighted by atomic mass is 10.1. The van der Waals surface area contributed by atoms with Gasteiger partial charge in [0.15, 0.2) is 0 Å². The lowest BCUT2D eigenvalue weighted by Gasteiger charge is -2.19. The van der Waals surface area contributed by atoms with Crippen LogP contribution < -0.4 is 5.32 Å². The van der Waals surface area contributed by atoms with E-state index in [1.165, 1.54) is 0 Å². The average molecular weight is 299 g/mol. The quantitative estimate of drug-likeness (QED) is 0.912. The Bertz CT molecular complexity index is 739. The van der Waals surface area contributed by atoms with Crippen molar-refractivity contribution >= 4 is 5.91 Å². The van der Waals surface area contributed by atoms with E-state index in [-0.39, 0.29) is 18.1 Å². The Morgan fingerprint density at radius 3 is 2.95 bits per heavy atom. The predicted octanol–water partition coefficient (Wildman–Crippen LogP) is 0.890. The number of hydrogen-bond donors (Lipinski definition) is 1. The van der Waals surface area contributed by atoms with Crippen molar-refractivity contribution in [1.29, 1.82) is 5.26 Å². The van der Waals surface area contributed by atoms with E-state index >= 15 is 0 Å². The van der Waals surface area contributed by atoms with Crippen molar-refractivity contribution in [3.63, 3.8) is 0 Å². The number of aryl methyl sites for hydroxylation is 2. The van der Waals surface area contributed by atoms with Crippen LogP contribution in [-0.4, -0.2) is 32.7 Å². The van der Waals surface area contributed by atoms with Crippen LogP contribution in [-0.2, 0) is 18.8 Å². The summed E-state index contributed by atoms with van der Waals surface area (Å²) in [5.41, 5.74) is 0.929. The van der Waals surface area contributed by atoms with Gasteiger partial charge in [-0.05, 0) is 12.5 Å². The third-order valence-corrected chi connectivity index (χ3v) is 3.89. The van der Waals surface area contributed by atoms with Gasteiger partial charge >= 0.3 is 0 Å². The summed E-state index contributed by atoms with van der Waals surface area (Å²) in [6.45, 7) is 0.582. The molecule has 2 aromatic rings. The summed E-state index contributed by atoms with van der Waals surface area (Å²) in [5, 5.41) is 11.9. The van der Waals surface area contributed by atoms with Crippen LogP contribution in [0.25, 0.3) is 0 Å². The molecule has 0 bridgehead atoms. The van der Waals surface area contributed by atoms with Crippen molar-refractivity contribution < 1.29 is 9.53 Å². The van der Waals surface area contributed by atoms with Crippen LogP contribution in [0.4, 0.5) is 0 Å². The Kier molecular flexibility index (Phi) is 3.69. The van der Waals surface area contributed by atoms with Crippen molar-refractivity contribution in [2.24, 2.45) is 14.1 Å². The van der Waals surface area contributed by atoms with E-state index in [1.54, 1.807) is 30.1 Å². The summed E-state index contributed by atoms with van der Waals surface area (Å²) in [5.74, 6) is 0.589. The topological polar surface area (TPSA) is 84.9 Å². The molecule has 0 radical (unpaired) electrons. The minimum atomic E-state index is -0.250. The number of amides is 1. The standard InChI is InChI=1S/C15H17N5O2/c1-19-5-4-17-14(19)13-11(3-6-22-13)18-15(21)12-7-10(8-16)9-20(12)2/h4-5,7,9,11,13H,3,6H2,1-2H3,(H,18,21)/t11-,13-/m0/s1. The third kappa shape index (κ3) is 2.49. The van der Waals surface area contributed by atoms with E-state index in [0.717, 1.165) is 12.2 Å². The van der Waals surface area contributed by atoms with Gasteiger partial charge in [0.05, 0.1) is 11.6 Å². The van der Waals surface area contributed by atoms with Crippen LogP contribution in [0, 0.1) is 11.3 Å². The minimum Gasteiger partial charge on any atom is -0.368 e. The smallest absolute Gasteiger partial charge is 0.268 e. The first-order valence-corrected chi connectivity index (χ1v) is 7.06. The number of nitrogens with zero attached hydrogens (tertiary/aromatic N) is 4. The Morgan fingerprint density at radius 1 is 1.50 bits per heavy atom. The van der Waals surface area contributed by atoms with Crippen molar-refractivity contribution in [1.82, 2.24) is 19.4 Å². The van der Waals surface area contributed by atoms with Crippen LogP contribution >= 0.6 is 0 Å². The molecule has 7 nitrogen and oxygen atoms in total. The summed E-state index contributed by atoms with van der Waals surface area (Å²) in [6.07, 6.45) is 5.69. The van der Waals surface area contributed by atoms with E-state index in [2.05, 4.69) is 10.3 Å². The lowest BCUT2D eigenvalue weighted by molar-refractivity contribution is 0.0774. The fraction of sp³-hybridized carbons (Fsp3) is 0.400. The van der Waals surface area contributed by atoms with Gasteiger partial charge in [0, 0.05) is 39.3 Å². The molecule has 1 fully saturated rings. The molecule has 3 heterocycles. The Hall–Kier alpha value is -2.59. The number of imidazole rings is 1. The molecular formula is C15H17N5O2. The number of ether oxygens (including phenoxy) is 1. The maximum Gasteiger partial charge on any atom is 0.268 e. The van der Waals surface area contributed by atoms with E-state index in [0.29, 0.717) is 17.9 Å². The highest BCUT2D eigenvalue weighted by atomic mass is 16.5. The van der Waals surface area contributed by atoms with Crippen LogP contribution in [0.5, 0.6) is 0 Å². The van der Waals surface area contributed by atoms with Gasteiger partial charge in [-0.25, -0.2) is 4.98 Å². The first-order valence-electron chi connectivity index (χ1n) is 7.06. The second-order valence-electron chi connectivity index (χ2n) is 5.39. The zero-order chi connectivity index (χ0) is 15.7. The van der Waals surface area contributed by atoms with Gasteiger partial charge in [0.2, 0.25) is 0 Å². The van der Waals surface area contributed by atoms with Crippen molar-refractivity contribution in [3.05, 3.63) is 41.7 Å². The molecule has 0 aliphatic carbocycles. The number of aromatic nitrogens is 3. The first kappa shape index (κ1) is 14.4. The number of hydrogen-bond acceptors (Lipinski definition) is 4. The largest absolute Gasteiger partial charge is 0.368 e. The summed E-state index contributed by atoms with van der Waals surface area (Å²) in [4.78, 5) is 16.7. The van der Waals surface area contributed by atoms with E-state index < -0.39 is 0 Å². The second-order valence-corrected chi connectivity index (χ2v) is 5.39. The van der Waals surface area contributed by atoms with E-state index in [1.807, 2.05) is 23.9 Å². The number of rotatable bonds is 3. The summed E-state index contributed by atoms with van der Waals surface area (Å²) < 4.78 is 9.27. The highest BCUT2D eigenvalue weighted by molar-refractivity contribution is 5.93. The average Bonchev–Trinajstić information content (AvgIpc) is 3.18. The van der Waals surface area contributed by atoms with Crippen molar-refractivity contribution in [2.75, 3.05) is 6.61 Å². The normalized spacial score (nSPS) is 20.8. The Labute approximate surface area is 128 Å². The van der Waals surface area contributed by atoms with Gasteiger partial charge in [0.1, 0.15) is 23.7 Å². The van der Waals surface area contributed by atoms with Crippen LogP contribution in [0.1, 0.15) is 34.4 Å². The monoisotopic (exact) mass is 299 g/mol. The highest BCUT2D eigenvalue weighted by Gasteiger charge is 2.34. The molecule has 7 heteroatoms. The molecule has 0 spiro atoms. The summed E-state index contributed by atoms with van der Waals surface area (Å²) in [6, 6.07) is 3.49. The number of carbonyl (C=O) groups is 1. The molecule has 1 aliphatic rings. The molecule has 3 rings (SSSR count). The number of nitriles is 1. The molecular weight excluding hydrogens is 282 g/mol. The molecule has 1 N–H and O–H groups in total. The first-order chi connectivity index (χ1) is 10.6. The zero-order valence-electron chi connectivity index (χ0n) is 12.5. The molecule has 2 aromatic heterocycles. The third-order valence-electron chi connectivity index (χ3n) is 3.89. The number of carbonyl (C=O) groups excluding carboxylic acids is 1. The maximum absolute atomic E-state index is 12.4. The van der Waals surface area contributed by atoms with E-state index in [4.69, 9.17) is 10.00 Å². The molecule has 1 aliphatic heterocycles. The minimum absolute atomic E-state index is 0.131. The van der Waals surface area contributed by atoms with Crippen molar-refractivity contribution in [3.8, 4) is 6.07 Å². The van der Waals surface area contributed by atoms with Crippen LogP contribution in [0.2, 0.25) is 0 Å². The van der Waals surface area contributed by atoms with Gasteiger partial charge in [0.25, 0.3) is 5.91 Å². The van der Waals surface area contributed by atoms with Crippen LogP contribution in [0.3, 0.4) is 0 Å². The summed E-state index contributed by atoms with van der Waals surface area (Å²) >= 11 is 0. The second kappa shape index (κ2) is 5.66. The molecule has 2 atom stereocenters. The molecule has 1 amide bonds. The van der Waals surface area contributed by atoms with Gasteiger partial charge < -0.3 is 19.2 Å². The van der Waals surface area contributed by atoms with Gasteiger partial charge in [-0.1, -0.05) is 0 Å². The van der Waals surface area contributed by atoms with E-state index in [9.17, 15) is 4.79 Å². The van der Waals surface area contributed by atoms with Crippen LogP contribution in [0.15, 0.2) is 24.7 Å². The Morgan fingerprint density at radius 2 is 2.32 bits per heavy atom. The fourth-order valence-corrected chi connectivity index (χ4v) is 2.74. The van der Waals surface area contributed by atoms with Crippen molar-refractivity contribution in [2.45, 2.75) is 18.6 Å². The molecule has 0 aromatic carbocycles. The molecule has 114 valence electrons. The van der Waals surface area contributed by atoms with Gasteiger partial charge in [-0.15, -0.1) is 0 Å². The highest BCUT2D eigenvalue weighted by Crippen LogP contribution is 2.28. The molecule has 0 unspecified atom stereocenters. The zero-order valence-corrected chi connectivity index (χ0v) is 12.5. The number of nitrogens with one attached hydrogen (secondary N) is 1. The molecule has 1 saturated heterocycles. The molecule has 0 saturated carbocycles. The SMILES string of the molecule is Cn1cc(C#N)cc1C(=O)N[C@H]1CCO[C@@H]1c1nccn1C.